The van der Waals surface area contributed by atoms with Gasteiger partial charge in [0.05, 0.1) is 54.0 Å². The Bertz CT molecular complexity index is 1700. The summed E-state index contributed by atoms with van der Waals surface area (Å²) in [7, 11) is 3.49. The van der Waals surface area contributed by atoms with Crippen molar-refractivity contribution in [1.82, 2.24) is 14.4 Å². The standard InChI is InChI=1S/C36H43Cl2FN4O6/c1-41-18-29(28-5-3-4-6-33(28)41)35(45)40-32-15-30(37)22(11-31(32)38)12-34(44)43-17-24(42-16-23(39)13-25(42)19-48-2)14-26(43)20-49-27-9-7-21(8-10-27)36(46)47/h3-6,11,15,18,21,23-27H,7-10,12-14,16-17,19-20H2,1-2H3,(H,40,45)(H,46,47)/t21-,23-,24-,25-,26-,27-/m0/s1. The third-order valence-electron chi connectivity index (χ3n) is 10.4. The molecule has 2 aliphatic heterocycles. The summed E-state index contributed by atoms with van der Waals surface area (Å²) in [5, 5.41) is 13.6. The van der Waals surface area contributed by atoms with Crippen molar-refractivity contribution in [2.75, 3.05) is 38.7 Å². The summed E-state index contributed by atoms with van der Waals surface area (Å²) in [6.07, 6.45) is 4.19. The van der Waals surface area contributed by atoms with Crippen molar-refractivity contribution in [1.29, 1.82) is 0 Å². The number of nitrogens with zero attached hydrogens (tertiary/aromatic N) is 3. The summed E-state index contributed by atoms with van der Waals surface area (Å²) < 4.78 is 28.2. The highest BCUT2D eigenvalue weighted by atomic mass is 35.5. The summed E-state index contributed by atoms with van der Waals surface area (Å²) in [5.41, 5.74) is 2.29. The van der Waals surface area contributed by atoms with Crippen LogP contribution in [-0.4, -0.2) is 101 Å². The Hall–Kier alpha value is -3.22. The number of aromatic nitrogens is 1. The Kier molecular flexibility index (Phi) is 11.2. The van der Waals surface area contributed by atoms with Gasteiger partial charge in [0.1, 0.15) is 6.17 Å². The Labute approximate surface area is 295 Å². The molecule has 0 bridgehead atoms. The van der Waals surface area contributed by atoms with E-state index in [2.05, 4.69) is 10.2 Å². The zero-order chi connectivity index (χ0) is 34.8. The van der Waals surface area contributed by atoms with E-state index in [1.54, 1.807) is 25.4 Å². The number of anilines is 1. The summed E-state index contributed by atoms with van der Waals surface area (Å²) in [5.74, 6) is -1.60. The smallest absolute Gasteiger partial charge is 0.306 e. The molecule has 3 heterocycles. The van der Waals surface area contributed by atoms with Crippen molar-refractivity contribution in [2.24, 2.45) is 13.0 Å². The van der Waals surface area contributed by atoms with E-state index in [9.17, 15) is 23.9 Å². The van der Waals surface area contributed by atoms with Crippen molar-refractivity contribution >= 4 is 57.6 Å². The van der Waals surface area contributed by atoms with Crippen LogP contribution in [0.1, 0.15) is 54.4 Å². The molecule has 2 saturated heterocycles. The van der Waals surface area contributed by atoms with Crippen LogP contribution in [0.15, 0.2) is 42.6 Å². The number of carbonyl (C=O) groups is 3. The number of rotatable bonds is 11. The van der Waals surface area contributed by atoms with E-state index in [0.717, 1.165) is 10.9 Å². The zero-order valence-electron chi connectivity index (χ0n) is 27.7. The molecular formula is C36H43Cl2FN4O6. The highest BCUT2D eigenvalue weighted by Crippen LogP contribution is 2.35. The Morgan fingerprint density at radius 2 is 1.76 bits per heavy atom. The molecule has 49 heavy (non-hydrogen) atoms. The predicted octanol–water partition coefficient (Wildman–Crippen LogP) is 5.97. The third-order valence-corrected chi connectivity index (χ3v) is 11.0. The molecule has 1 aromatic heterocycles. The van der Waals surface area contributed by atoms with Crippen molar-refractivity contribution in [3.05, 3.63) is 63.8 Å². The van der Waals surface area contributed by atoms with Crippen LogP contribution in [0.2, 0.25) is 10.0 Å². The van der Waals surface area contributed by atoms with Crippen molar-refractivity contribution < 1.29 is 33.4 Å². The largest absolute Gasteiger partial charge is 0.481 e. The van der Waals surface area contributed by atoms with Crippen LogP contribution in [0.3, 0.4) is 0 Å². The number of carboxylic acids is 1. The average Bonchev–Trinajstić information content (AvgIpc) is 3.77. The number of aliphatic carboxylic acids is 1. The first-order valence-electron chi connectivity index (χ1n) is 16.9. The third kappa shape index (κ3) is 7.91. The Morgan fingerprint density at radius 3 is 2.49 bits per heavy atom. The van der Waals surface area contributed by atoms with E-state index >= 15 is 0 Å². The number of benzene rings is 2. The van der Waals surface area contributed by atoms with Gasteiger partial charge in [-0.15, -0.1) is 0 Å². The van der Waals surface area contributed by atoms with Gasteiger partial charge >= 0.3 is 5.97 Å². The lowest BCUT2D eigenvalue weighted by atomic mass is 9.87. The molecule has 1 aliphatic carbocycles. The number of aryl methyl sites for hydroxylation is 1. The lowest BCUT2D eigenvalue weighted by Gasteiger charge is -2.30. The van der Waals surface area contributed by atoms with Crippen LogP contribution in [0, 0.1) is 5.92 Å². The number of carboxylic acid groups (broad SMARTS) is 1. The van der Waals surface area contributed by atoms with Gasteiger partial charge in [-0.25, -0.2) is 4.39 Å². The molecule has 10 nitrogen and oxygen atoms in total. The first kappa shape index (κ1) is 35.6. The lowest BCUT2D eigenvalue weighted by Crippen LogP contribution is -2.44. The van der Waals surface area contributed by atoms with Crippen LogP contribution >= 0.6 is 23.2 Å². The van der Waals surface area contributed by atoms with Gasteiger partial charge in [0.2, 0.25) is 5.91 Å². The quantitative estimate of drug-likeness (QED) is 0.252. The number of likely N-dealkylation sites (tertiary alicyclic amines) is 2. The molecule has 264 valence electrons. The first-order valence-corrected chi connectivity index (χ1v) is 17.6. The van der Waals surface area contributed by atoms with Crippen molar-refractivity contribution in [3.63, 3.8) is 0 Å². The number of para-hydroxylation sites is 1. The second-order valence-electron chi connectivity index (χ2n) is 13.6. The summed E-state index contributed by atoms with van der Waals surface area (Å²) >= 11 is 13.3. The molecule has 3 aliphatic rings. The van der Waals surface area contributed by atoms with E-state index in [1.807, 2.05) is 40.8 Å². The maximum absolute atomic E-state index is 14.6. The number of hydrogen-bond donors (Lipinski definition) is 2. The van der Waals surface area contributed by atoms with Gasteiger partial charge in [-0.2, -0.15) is 0 Å². The SMILES string of the molecule is COC[C@@H]1C[C@H](F)CN1[C@H]1C[C@@H](CO[C@H]2CC[C@H](C(=O)O)CC2)N(C(=O)Cc2cc(Cl)c(NC(=O)c3cn(C)c4ccccc34)cc2Cl)C1. The van der Waals surface area contributed by atoms with Crippen LogP contribution in [0.25, 0.3) is 10.9 Å². The summed E-state index contributed by atoms with van der Waals surface area (Å²) in [6.45, 7) is 1.42. The predicted molar refractivity (Wildman–Crippen MR) is 186 cm³/mol. The fourth-order valence-corrected chi connectivity index (χ4v) is 8.27. The number of halogens is 3. The minimum atomic E-state index is -0.954. The van der Waals surface area contributed by atoms with Gasteiger partial charge in [0.15, 0.2) is 0 Å². The molecule has 6 rings (SSSR count). The monoisotopic (exact) mass is 716 g/mol. The van der Waals surface area contributed by atoms with Gasteiger partial charge in [0, 0.05) is 61.5 Å². The summed E-state index contributed by atoms with van der Waals surface area (Å²) in [4.78, 5) is 42.6. The fourth-order valence-electron chi connectivity index (χ4n) is 7.80. The van der Waals surface area contributed by atoms with E-state index in [1.165, 1.54) is 0 Å². The van der Waals surface area contributed by atoms with Gasteiger partial charge in [-0.3, -0.25) is 19.3 Å². The van der Waals surface area contributed by atoms with Crippen LogP contribution in [0.4, 0.5) is 10.1 Å². The van der Waals surface area contributed by atoms with Crippen LogP contribution in [0.5, 0.6) is 0 Å². The number of carbonyl (C=O) groups excluding carboxylic acids is 2. The lowest BCUT2D eigenvalue weighted by molar-refractivity contribution is -0.144. The number of fused-ring (bicyclic) bond motifs is 1. The summed E-state index contributed by atoms with van der Waals surface area (Å²) in [6, 6.07) is 10.4. The van der Waals surface area contributed by atoms with E-state index < -0.39 is 12.1 Å². The maximum Gasteiger partial charge on any atom is 0.306 e. The van der Waals surface area contributed by atoms with E-state index in [-0.39, 0.29) is 53.4 Å². The number of ether oxygens (including phenoxy) is 2. The van der Waals surface area contributed by atoms with Crippen LogP contribution < -0.4 is 5.32 Å². The second kappa shape index (κ2) is 15.3. The minimum absolute atomic E-state index is 0.0176. The second-order valence-corrected chi connectivity index (χ2v) is 14.4. The van der Waals surface area contributed by atoms with Crippen LogP contribution in [-0.2, 0) is 32.5 Å². The van der Waals surface area contributed by atoms with Gasteiger partial charge in [-0.05, 0) is 62.3 Å². The molecule has 0 unspecified atom stereocenters. The number of hydrogen-bond acceptors (Lipinski definition) is 6. The van der Waals surface area contributed by atoms with Crippen molar-refractivity contribution in [2.45, 2.75) is 75.3 Å². The highest BCUT2D eigenvalue weighted by Gasteiger charge is 2.44. The number of alkyl halides is 1. The highest BCUT2D eigenvalue weighted by molar-refractivity contribution is 6.36. The molecule has 3 aromatic rings. The van der Waals surface area contributed by atoms with Gasteiger partial charge in [-0.1, -0.05) is 41.4 Å². The molecular weight excluding hydrogens is 674 g/mol. The molecule has 2 aromatic carbocycles. The Balaban J connectivity index is 1.15. The fraction of sp³-hybridized carbons (Fsp3) is 0.528. The van der Waals surface area contributed by atoms with E-state index in [0.29, 0.717) is 86.7 Å². The molecule has 2 N–H and O–H groups in total. The first-order chi connectivity index (χ1) is 23.5. The molecule has 0 spiro atoms. The normalized spacial score (nSPS) is 26.0. The average molecular weight is 718 g/mol. The number of methoxy groups -OCH3 is 1. The Morgan fingerprint density at radius 1 is 1.00 bits per heavy atom. The molecule has 1 saturated carbocycles. The van der Waals surface area contributed by atoms with Gasteiger partial charge in [0.25, 0.3) is 5.91 Å². The molecule has 2 amide bonds. The minimum Gasteiger partial charge on any atom is -0.481 e. The topological polar surface area (TPSA) is 113 Å². The van der Waals surface area contributed by atoms with E-state index in [4.69, 9.17) is 32.7 Å². The van der Waals surface area contributed by atoms with Crippen molar-refractivity contribution in [3.8, 4) is 0 Å². The molecule has 13 heteroatoms. The van der Waals surface area contributed by atoms with Gasteiger partial charge < -0.3 is 29.4 Å². The zero-order valence-corrected chi connectivity index (χ0v) is 29.3. The maximum atomic E-state index is 14.6. The molecule has 3 fully saturated rings. The number of amides is 2. The molecule has 0 radical (unpaired) electrons. The molecule has 4 atom stereocenters. The number of nitrogens with one attached hydrogen (secondary N) is 1.